The molecule has 0 saturated carbocycles. The van der Waals surface area contributed by atoms with Gasteiger partial charge in [-0.1, -0.05) is 24.3 Å². The van der Waals surface area contributed by atoms with Crippen LogP contribution in [0.15, 0.2) is 48.8 Å². The minimum absolute atomic E-state index is 0.0122. The molecule has 5 heterocycles. The second-order valence-electron chi connectivity index (χ2n) is 11.6. The van der Waals surface area contributed by atoms with Gasteiger partial charge in [-0.3, -0.25) is 24.6 Å². The summed E-state index contributed by atoms with van der Waals surface area (Å²) in [6.07, 6.45) is -0.0853. The molecule has 1 atom stereocenters. The lowest BCUT2D eigenvalue weighted by Crippen LogP contribution is -2.52. The Morgan fingerprint density at radius 2 is 1.88 bits per heavy atom. The number of halogens is 3. The van der Waals surface area contributed by atoms with E-state index < -0.39 is 18.2 Å². The zero-order valence-corrected chi connectivity index (χ0v) is 22.6. The normalized spacial score (nSPS) is 21.8. The molecule has 2 saturated heterocycles. The molecular weight excluding hydrogens is 551 g/mol. The number of amides is 3. The number of hydrogen-bond acceptors (Lipinski definition) is 6. The second kappa shape index (κ2) is 9.69. The van der Waals surface area contributed by atoms with Crippen LogP contribution < -0.4 is 10.1 Å². The highest BCUT2D eigenvalue weighted by molar-refractivity contribution is 6.05. The molecule has 12 heteroatoms. The van der Waals surface area contributed by atoms with Gasteiger partial charge in [-0.05, 0) is 55.6 Å². The van der Waals surface area contributed by atoms with E-state index in [1.54, 1.807) is 11.0 Å². The lowest BCUT2D eigenvalue weighted by Gasteiger charge is -2.38. The summed E-state index contributed by atoms with van der Waals surface area (Å²) in [5.74, 6) is -0.217. The largest absolute Gasteiger partial charge is 0.504 e. The van der Waals surface area contributed by atoms with E-state index >= 15 is 0 Å². The monoisotopic (exact) mass is 579 g/mol. The lowest BCUT2D eigenvalue weighted by atomic mass is 9.74. The molecule has 0 unspecified atom stereocenters. The molecule has 3 amide bonds. The molecule has 0 aliphatic carbocycles. The number of imide groups is 1. The number of piperidine rings is 2. The predicted molar refractivity (Wildman–Crippen MR) is 143 cm³/mol. The first-order chi connectivity index (χ1) is 20.1. The molecule has 4 aliphatic rings. The van der Waals surface area contributed by atoms with Gasteiger partial charge in [0, 0.05) is 46.8 Å². The third-order valence-corrected chi connectivity index (χ3v) is 9.05. The summed E-state index contributed by atoms with van der Waals surface area (Å²) in [4.78, 5) is 41.1. The molecule has 9 nitrogen and oxygen atoms in total. The number of nitrogens with one attached hydrogen (secondary N) is 1. The zero-order valence-electron chi connectivity index (χ0n) is 22.6. The van der Waals surface area contributed by atoms with Crippen LogP contribution in [0.25, 0.3) is 11.1 Å². The van der Waals surface area contributed by atoms with Crippen LogP contribution in [0.4, 0.5) is 13.2 Å². The fraction of sp³-hybridized carbons (Fsp3) is 0.400. The van der Waals surface area contributed by atoms with Crippen molar-refractivity contribution in [3.05, 3.63) is 71.0 Å². The average molecular weight is 580 g/mol. The minimum atomic E-state index is -4.55. The molecular formula is C30H28F3N5O4. The molecule has 2 aromatic carbocycles. The van der Waals surface area contributed by atoms with Crippen LogP contribution in [-0.2, 0) is 34.4 Å². The van der Waals surface area contributed by atoms with Crippen LogP contribution in [0, 0.1) is 0 Å². The number of fused-ring (bicyclic) bond motifs is 4. The van der Waals surface area contributed by atoms with Crippen molar-refractivity contribution < 1.29 is 32.3 Å². The van der Waals surface area contributed by atoms with Crippen LogP contribution in [0.2, 0.25) is 0 Å². The Labute approximate surface area is 239 Å². The van der Waals surface area contributed by atoms with E-state index in [-0.39, 0.29) is 34.9 Å². The van der Waals surface area contributed by atoms with E-state index in [0.717, 1.165) is 54.6 Å². The van der Waals surface area contributed by atoms with Crippen molar-refractivity contribution in [2.75, 3.05) is 19.7 Å². The zero-order chi connectivity index (χ0) is 29.2. The number of alkyl halides is 3. The molecule has 1 aromatic heterocycles. The number of carbonyl (C=O) groups excluding carboxylic acids is 3. The minimum Gasteiger partial charge on any atom is -0.492 e. The Kier molecular flexibility index (Phi) is 6.16. The Balaban J connectivity index is 1.04. The van der Waals surface area contributed by atoms with Crippen LogP contribution in [0.3, 0.4) is 0 Å². The Morgan fingerprint density at radius 3 is 2.62 bits per heavy atom. The van der Waals surface area contributed by atoms with Crippen molar-refractivity contribution in [2.24, 2.45) is 0 Å². The molecule has 2 fully saturated rings. The fourth-order valence-electron chi connectivity index (χ4n) is 6.75. The predicted octanol–water partition coefficient (Wildman–Crippen LogP) is 3.71. The van der Waals surface area contributed by atoms with Crippen molar-refractivity contribution in [1.82, 2.24) is 24.9 Å². The molecule has 4 aliphatic heterocycles. The van der Waals surface area contributed by atoms with Crippen LogP contribution in [0.1, 0.15) is 52.7 Å². The molecule has 1 N–H and O–H groups in total. The molecule has 1 spiro atoms. The van der Waals surface area contributed by atoms with Gasteiger partial charge >= 0.3 is 6.30 Å². The number of hydrogen-bond donors (Lipinski definition) is 1. The van der Waals surface area contributed by atoms with Gasteiger partial charge in [0.2, 0.25) is 11.8 Å². The number of benzene rings is 2. The first kappa shape index (κ1) is 26.7. The average Bonchev–Trinajstić information content (AvgIpc) is 3.68. The number of likely N-dealkylation sites (tertiary alicyclic amines) is 1. The van der Waals surface area contributed by atoms with Gasteiger partial charge in [-0.15, -0.1) is 13.2 Å². The van der Waals surface area contributed by atoms with Gasteiger partial charge in [0.25, 0.3) is 5.91 Å². The van der Waals surface area contributed by atoms with E-state index in [9.17, 15) is 27.6 Å². The Morgan fingerprint density at radius 1 is 1.07 bits per heavy atom. The van der Waals surface area contributed by atoms with Gasteiger partial charge < -0.3 is 9.64 Å². The maximum atomic E-state index is 13.2. The molecule has 0 bridgehead atoms. The highest BCUT2D eigenvalue weighted by Gasteiger charge is 2.47. The van der Waals surface area contributed by atoms with Gasteiger partial charge in [0.1, 0.15) is 11.8 Å². The van der Waals surface area contributed by atoms with Crippen LogP contribution >= 0.6 is 0 Å². The maximum absolute atomic E-state index is 13.2. The van der Waals surface area contributed by atoms with E-state index in [4.69, 9.17) is 4.74 Å². The summed E-state index contributed by atoms with van der Waals surface area (Å²) in [5, 5.41) is 5.79. The maximum Gasteiger partial charge on any atom is 0.504 e. The molecule has 218 valence electrons. The topological polar surface area (TPSA) is 96.8 Å². The summed E-state index contributed by atoms with van der Waals surface area (Å²) in [6.45, 7) is 3.11. The van der Waals surface area contributed by atoms with Crippen molar-refractivity contribution in [3.63, 3.8) is 0 Å². The van der Waals surface area contributed by atoms with E-state index in [0.29, 0.717) is 36.3 Å². The van der Waals surface area contributed by atoms with Crippen molar-refractivity contribution >= 4 is 17.7 Å². The third-order valence-electron chi connectivity index (χ3n) is 9.05. The van der Waals surface area contributed by atoms with Crippen molar-refractivity contribution in [2.45, 2.75) is 56.5 Å². The van der Waals surface area contributed by atoms with Crippen LogP contribution in [0.5, 0.6) is 5.75 Å². The summed E-state index contributed by atoms with van der Waals surface area (Å²) in [7, 11) is 0. The SMILES string of the molecule is O=C1CC[C@H](N2Cc3c(ccc4c3OCC43CCN(Cc4cccc(-c5cnn(C(F)(F)F)c5)c4)CC3)C2=O)C(=O)N1. The molecule has 0 radical (unpaired) electrons. The number of rotatable bonds is 4. The summed E-state index contributed by atoms with van der Waals surface area (Å²) < 4.78 is 45.2. The summed E-state index contributed by atoms with van der Waals surface area (Å²) in [5.41, 5.74) is 4.40. The first-order valence-corrected chi connectivity index (χ1v) is 14.0. The van der Waals surface area contributed by atoms with E-state index in [1.807, 2.05) is 30.3 Å². The summed E-state index contributed by atoms with van der Waals surface area (Å²) >= 11 is 0. The smallest absolute Gasteiger partial charge is 0.492 e. The Hall–Kier alpha value is -4.19. The van der Waals surface area contributed by atoms with Gasteiger partial charge in [0.15, 0.2) is 0 Å². The van der Waals surface area contributed by atoms with E-state index in [1.165, 1.54) is 6.20 Å². The van der Waals surface area contributed by atoms with Gasteiger partial charge in [-0.25, -0.2) is 0 Å². The quantitative estimate of drug-likeness (QED) is 0.474. The Bertz CT molecular complexity index is 1610. The molecule has 42 heavy (non-hydrogen) atoms. The number of ether oxygens (including phenoxy) is 1. The number of aromatic nitrogens is 2. The van der Waals surface area contributed by atoms with Crippen LogP contribution in [-0.4, -0.2) is 63.0 Å². The highest BCUT2D eigenvalue weighted by Crippen LogP contribution is 2.49. The highest BCUT2D eigenvalue weighted by atomic mass is 19.4. The fourth-order valence-corrected chi connectivity index (χ4v) is 6.75. The number of carbonyl (C=O) groups is 3. The third kappa shape index (κ3) is 4.44. The van der Waals surface area contributed by atoms with Crippen molar-refractivity contribution in [1.29, 1.82) is 0 Å². The first-order valence-electron chi connectivity index (χ1n) is 14.0. The van der Waals surface area contributed by atoms with E-state index in [2.05, 4.69) is 15.3 Å². The lowest BCUT2D eigenvalue weighted by molar-refractivity contribution is -0.212. The van der Waals surface area contributed by atoms with Gasteiger partial charge in [0.05, 0.1) is 19.3 Å². The van der Waals surface area contributed by atoms with Crippen molar-refractivity contribution in [3.8, 4) is 16.9 Å². The molecule has 7 rings (SSSR count). The number of nitrogens with zero attached hydrogens (tertiary/aromatic N) is 4. The summed E-state index contributed by atoms with van der Waals surface area (Å²) in [6, 6.07) is 10.7. The second-order valence-corrected chi connectivity index (χ2v) is 11.6. The molecule has 3 aromatic rings. The van der Waals surface area contributed by atoms with Gasteiger partial charge in [-0.2, -0.15) is 9.78 Å². The standard InChI is InChI=1S/C30H28F3N5O4/c31-30(32,33)38-15-20(13-34-38)19-3-1-2-18(12-19)14-36-10-8-29(9-11-36)17-42-26-22-16-37(24-6-7-25(39)35-27(24)40)28(41)21(22)4-5-23(26)29/h1-5,12-13,15,24H,6-11,14,16-17H2,(H,35,39,40)/t24-/m0/s1.